The molecular weight excluding hydrogens is 224 g/mol. The first kappa shape index (κ1) is 13.2. The summed E-state index contributed by atoms with van der Waals surface area (Å²) in [5.41, 5.74) is 0.619. The fraction of sp³-hybridized carbons (Fsp3) is 0.455. The van der Waals surface area contributed by atoms with Crippen LogP contribution in [0.15, 0.2) is 18.2 Å². The predicted molar refractivity (Wildman–Crippen MR) is 64.4 cm³/mol. The summed E-state index contributed by atoms with van der Waals surface area (Å²) in [4.78, 5) is 10.3. The van der Waals surface area contributed by atoms with Crippen molar-refractivity contribution >= 4 is 11.4 Å². The van der Waals surface area contributed by atoms with Gasteiger partial charge in [-0.3, -0.25) is 10.1 Å². The van der Waals surface area contributed by atoms with Gasteiger partial charge in [-0.2, -0.15) is 0 Å². The highest BCUT2D eigenvalue weighted by molar-refractivity contribution is 5.58. The first-order valence-electron chi connectivity index (χ1n) is 5.34. The van der Waals surface area contributed by atoms with E-state index in [0.717, 1.165) is 0 Å². The molecule has 0 aliphatic heterocycles. The van der Waals surface area contributed by atoms with Crippen molar-refractivity contribution in [2.75, 3.05) is 18.5 Å². The van der Waals surface area contributed by atoms with Gasteiger partial charge in [-0.1, -0.05) is 0 Å². The normalized spacial score (nSPS) is 10.4. The first-order valence-corrected chi connectivity index (χ1v) is 5.34. The lowest BCUT2D eigenvalue weighted by Crippen LogP contribution is -2.09. The van der Waals surface area contributed by atoms with Gasteiger partial charge in [0.15, 0.2) is 5.75 Å². The minimum Gasteiger partial charge on any atom is -0.484 e. The van der Waals surface area contributed by atoms with Crippen LogP contribution < -0.4 is 10.1 Å². The van der Waals surface area contributed by atoms with Gasteiger partial charge in [-0.15, -0.1) is 0 Å². The van der Waals surface area contributed by atoms with Crippen molar-refractivity contribution in [3.8, 4) is 5.75 Å². The van der Waals surface area contributed by atoms with E-state index in [0.29, 0.717) is 12.2 Å². The number of rotatable bonds is 6. The zero-order valence-corrected chi connectivity index (χ0v) is 9.84. The standard InChI is InChI=1S/C11H16N2O4/c1-8(2)17-11-7-9(12-5-6-14)3-4-10(11)13(15)16/h3-4,7-8,12,14H,5-6H2,1-2H3. The Kier molecular flexibility index (Phi) is 4.71. The number of anilines is 1. The van der Waals surface area contributed by atoms with E-state index in [2.05, 4.69) is 5.32 Å². The summed E-state index contributed by atoms with van der Waals surface area (Å²) in [6.07, 6.45) is -0.137. The van der Waals surface area contributed by atoms with Crippen LogP contribution in [0.5, 0.6) is 5.75 Å². The molecule has 0 bridgehead atoms. The second-order valence-electron chi connectivity index (χ2n) is 3.76. The van der Waals surface area contributed by atoms with Crippen LogP contribution in [0.2, 0.25) is 0 Å². The van der Waals surface area contributed by atoms with Crippen LogP contribution in [-0.4, -0.2) is 29.3 Å². The summed E-state index contributed by atoms with van der Waals surface area (Å²) < 4.78 is 5.38. The molecule has 17 heavy (non-hydrogen) atoms. The van der Waals surface area contributed by atoms with Crippen molar-refractivity contribution < 1.29 is 14.8 Å². The first-order chi connectivity index (χ1) is 8.04. The minimum absolute atomic E-state index is 0.00262. The zero-order chi connectivity index (χ0) is 12.8. The van der Waals surface area contributed by atoms with Crippen molar-refractivity contribution in [1.82, 2.24) is 0 Å². The van der Waals surface area contributed by atoms with Crippen LogP contribution in [0.3, 0.4) is 0 Å². The maximum atomic E-state index is 10.8. The van der Waals surface area contributed by atoms with Crippen molar-refractivity contribution in [3.05, 3.63) is 28.3 Å². The van der Waals surface area contributed by atoms with E-state index in [4.69, 9.17) is 9.84 Å². The average Bonchev–Trinajstić information content (AvgIpc) is 2.25. The summed E-state index contributed by atoms with van der Waals surface area (Å²) >= 11 is 0. The van der Waals surface area contributed by atoms with Gasteiger partial charge in [-0.05, 0) is 19.9 Å². The Bertz CT molecular complexity index is 393. The van der Waals surface area contributed by atoms with E-state index >= 15 is 0 Å². The highest BCUT2D eigenvalue weighted by Gasteiger charge is 2.16. The molecule has 0 aliphatic carbocycles. The second-order valence-corrected chi connectivity index (χ2v) is 3.76. The molecule has 0 aliphatic rings. The smallest absolute Gasteiger partial charge is 0.311 e. The number of nitro groups is 1. The minimum atomic E-state index is -0.479. The Morgan fingerprint density at radius 1 is 1.53 bits per heavy atom. The van der Waals surface area contributed by atoms with Crippen molar-refractivity contribution in [3.63, 3.8) is 0 Å². The lowest BCUT2D eigenvalue weighted by molar-refractivity contribution is -0.386. The molecule has 0 aromatic heterocycles. The molecule has 1 aromatic rings. The third-order valence-electron chi connectivity index (χ3n) is 1.96. The predicted octanol–water partition coefficient (Wildman–Crippen LogP) is 1.79. The molecule has 0 fully saturated rings. The van der Waals surface area contributed by atoms with Crippen molar-refractivity contribution in [2.24, 2.45) is 0 Å². The van der Waals surface area contributed by atoms with Gasteiger partial charge in [0.1, 0.15) is 0 Å². The van der Waals surface area contributed by atoms with Gasteiger partial charge >= 0.3 is 5.69 Å². The summed E-state index contributed by atoms with van der Waals surface area (Å²) in [5.74, 6) is 0.230. The molecule has 0 radical (unpaired) electrons. The molecule has 6 nitrogen and oxygen atoms in total. The summed E-state index contributed by atoms with van der Waals surface area (Å²) in [7, 11) is 0. The van der Waals surface area contributed by atoms with Gasteiger partial charge < -0.3 is 15.2 Å². The number of hydrogen-bond donors (Lipinski definition) is 2. The van der Waals surface area contributed by atoms with Gasteiger partial charge in [0.2, 0.25) is 0 Å². The number of aliphatic hydroxyl groups excluding tert-OH is 1. The van der Waals surface area contributed by atoms with Crippen LogP contribution in [0.25, 0.3) is 0 Å². The maximum absolute atomic E-state index is 10.8. The number of aliphatic hydroxyl groups is 1. The van der Waals surface area contributed by atoms with Crippen LogP contribution in [-0.2, 0) is 0 Å². The molecule has 0 heterocycles. The highest BCUT2D eigenvalue weighted by atomic mass is 16.6. The quantitative estimate of drug-likeness (QED) is 0.585. The molecule has 0 saturated heterocycles. The largest absolute Gasteiger partial charge is 0.484 e. The molecule has 1 aromatic carbocycles. The van der Waals surface area contributed by atoms with E-state index in [1.165, 1.54) is 6.07 Å². The average molecular weight is 240 g/mol. The molecule has 1 rings (SSSR count). The Morgan fingerprint density at radius 3 is 2.76 bits per heavy atom. The SMILES string of the molecule is CC(C)Oc1cc(NCCO)ccc1[N+](=O)[O-]. The van der Waals surface area contributed by atoms with E-state index in [-0.39, 0.29) is 24.1 Å². The Hall–Kier alpha value is -1.82. The molecule has 2 N–H and O–H groups in total. The van der Waals surface area contributed by atoms with Crippen LogP contribution in [0.1, 0.15) is 13.8 Å². The number of nitro benzene ring substituents is 1. The van der Waals surface area contributed by atoms with E-state index in [1.54, 1.807) is 26.0 Å². The molecule has 0 amide bonds. The van der Waals surface area contributed by atoms with Crippen LogP contribution in [0, 0.1) is 10.1 Å². The third-order valence-corrected chi connectivity index (χ3v) is 1.96. The van der Waals surface area contributed by atoms with Crippen LogP contribution >= 0.6 is 0 Å². The highest BCUT2D eigenvalue weighted by Crippen LogP contribution is 2.30. The summed E-state index contributed by atoms with van der Waals surface area (Å²) in [6, 6.07) is 4.53. The molecule has 0 unspecified atom stereocenters. The number of nitrogens with one attached hydrogen (secondary N) is 1. The van der Waals surface area contributed by atoms with Crippen molar-refractivity contribution in [1.29, 1.82) is 0 Å². The summed E-state index contributed by atoms with van der Waals surface area (Å²) in [5, 5.41) is 22.4. The number of hydrogen-bond acceptors (Lipinski definition) is 5. The van der Waals surface area contributed by atoms with Gasteiger partial charge in [0, 0.05) is 24.4 Å². The molecule has 0 spiro atoms. The van der Waals surface area contributed by atoms with Gasteiger partial charge in [0.05, 0.1) is 17.6 Å². The van der Waals surface area contributed by atoms with E-state index < -0.39 is 4.92 Å². The lowest BCUT2D eigenvalue weighted by Gasteiger charge is -2.12. The lowest BCUT2D eigenvalue weighted by atomic mass is 10.2. The van der Waals surface area contributed by atoms with Crippen LogP contribution in [0.4, 0.5) is 11.4 Å². The molecule has 0 atom stereocenters. The summed E-state index contributed by atoms with van der Waals surface area (Å²) in [6.45, 7) is 3.99. The van der Waals surface area contributed by atoms with Gasteiger partial charge in [-0.25, -0.2) is 0 Å². The molecular formula is C11H16N2O4. The maximum Gasteiger partial charge on any atom is 0.311 e. The van der Waals surface area contributed by atoms with E-state index in [1.807, 2.05) is 0 Å². The molecule has 94 valence electrons. The second kappa shape index (κ2) is 6.05. The number of nitrogens with zero attached hydrogens (tertiary/aromatic N) is 1. The zero-order valence-electron chi connectivity index (χ0n) is 9.84. The monoisotopic (exact) mass is 240 g/mol. The topological polar surface area (TPSA) is 84.6 Å². The third kappa shape index (κ3) is 3.92. The van der Waals surface area contributed by atoms with E-state index in [9.17, 15) is 10.1 Å². The Labute approximate surface area is 99.4 Å². The van der Waals surface area contributed by atoms with Gasteiger partial charge in [0.25, 0.3) is 0 Å². The fourth-order valence-electron chi connectivity index (χ4n) is 1.32. The molecule has 0 saturated carbocycles. The Balaban J connectivity index is 2.97. The molecule has 6 heteroatoms. The van der Waals surface area contributed by atoms with Crippen molar-refractivity contribution in [2.45, 2.75) is 20.0 Å². The number of ether oxygens (including phenoxy) is 1. The number of benzene rings is 1. The Morgan fingerprint density at radius 2 is 2.24 bits per heavy atom. The fourth-order valence-corrected chi connectivity index (χ4v) is 1.32.